The van der Waals surface area contributed by atoms with Gasteiger partial charge < -0.3 is 15.6 Å². The van der Waals surface area contributed by atoms with Gasteiger partial charge in [0.1, 0.15) is 0 Å². The molecule has 0 saturated heterocycles. The van der Waals surface area contributed by atoms with E-state index < -0.39 is 5.54 Å². The van der Waals surface area contributed by atoms with Gasteiger partial charge in [-0.05, 0) is 44.6 Å². The average Bonchev–Trinajstić information content (AvgIpc) is 3.25. The summed E-state index contributed by atoms with van der Waals surface area (Å²) in [5.74, 6) is 0.282. The standard InChI is InChI=1S/C19H28N4O2.ClH/c1-18(2,3)9-14-15-12(16(24)21-10-19(4,5)20)8-13(11-6-7-11)22-17(15)25-23-14;/h8,11H,6-7,9-10,20H2,1-5H3,(H,21,24);1H. The van der Waals surface area contributed by atoms with E-state index in [9.17, 15) is 4.79 Å². The molecule has 0 radical (unpaired) electrons. The monoisotopic (exact) mass is 380 g/mol. The summed E-state index contributed by atoms with van der Waals surface area (Å²) in [4.78, 5) is 17.5. The van der Waals surface area contributed by atoms with E-state index in [1.165, 1.54) is 0 Å². The predicted molar refractivity (Wildman–Crippen MR) is 105 cm³/mol. The Morgan fingerprint density at radius 3 is 2.50 bits per heavy atom. The van der Waals surface area contributed by atoms with Crippen molar-refractivity contribution in [3.63, 3.8) is 0 Å². The van der Waals surface area contributed by atoms with Crippen molar-refractivity contribution in [2.75, 3.05) is 6.54 Å². The van der Waals surface area contributed by atoms with Crippen LogP contribution in [0.4, 0.5) is 0 Å². The summed E-state index contributed by atoms with van der Waals surface area (Å²) >= 11 is 0. The molecule has 0 atom stereocenters. The van der Waals surface area contributed by atoms with Crippen LogP contribution < -0.4 is 11.1 Å². The summed E-state index contributed by atoms with van der Waals surface area (Å²) in [5, 5.41) is 7.88. The predicted octanol–water partition coefficient (Wildman–Crippen LogP) is 3.58. The van der Waals surface area contributed by atoms with Crippen molar-refractivity contribution >= 4 is 29.4 Å². The van der Waals surface area contributed by atoms with Gasteiger partial charge in [0.05, 0.1) is 16.6 Å². The van der Waals surface area contributed by atoms with Crippen LogP contribution in [0.15, 0.2) is 10.6 Å². The molecule has 0 bridgehead atoms. The molecule has 2 heterocycles. The molecule has 6 nitrogen and oxygen atoms in total. The van der Waals surface area contributed by atoms with Gasteiger partial charge in [-0.25, -0.2) is 4.98 Å². The van der Waals surface area contributed by atoms with Gasteiger partial charge in [0, 0.05) is 23.7 Å². The molecule has 144 valence electrons. The van der Waals surface area contributed by atoms with Crippen LogP contribution in [0.1, 0.15) is 75.1 Å². The largest absolute Gasteiger partial charge is 0.350 e. The highest BCUT2D eigenvalue weighted by molar-refractivity contribution is 6.06. The molecule has 1 aliphatic rings. The number of hydrogen-bond donors (Lipinski definition) is 2. The topological polar surface area (TPSA) is 94.0 Å². The summed E-state index contributed by atoms with van der Waals surface area (Å²) in [6.07, 6.45) is 2.93. The molecule has 1 amide bonds. The van der Waals surface area contributed by atoms with E-state index in [4.69, 9.17) is 10.3 Å². The summed E-state index contributed by atoms with van der Waals surface area (Å²) in [6.45, 7) is 10.6. The quantitative estimate of drug-likeness (QED) is 0.826. The lowest BCUT2D eigenvalue weighted by atomic mass is 9.89. The van der Waals surface area contributed by atoms with Gasteiger partial charge in [0.15, 0.2) is 0 Å². The van der Waals surface area contributed by atoms with Gasteiger partial charge in [0.2, 0.25) is 0 Å². The number of nitrogens with two attached hydrogens (primary N) is 1. The van der Waals surface area contributed by atoms with Crippen LogP contribution >= 0.6 is 12.4 Å². The lowest BCUT2D eigenvalue weighted by Crippen LogP contribution is -2.45. The normalized spacial score (nSPS) is 15.0. The fourth-order valence-corrected chi connectivity index (χ4v) is 2.82. The zero-order chi connectivity index (χ0) is 18.4. The van der Waals surface area contributed by atoms with Gasteiger partial charge >= 0.3 is 0 Å². The minimum absolute atomic E-state index is 0. The molecule has 2 aromatic heterocycles. The lowest BCUT2D eigenvalue weighted by molar-refractivity contribution is 0.0947. The van der Waals surface area contributed by atoms with Crippen molar-refractivity contribution in [2.45, 2.75) is 65.3 Å². The third-order valence-corrected chi connectivity index (χ3v) is 4.18. The molecule has 1 saturated carbocycles. The van der Waals surface area contributed by atoms with Crippen LogP contribution in [0.5, 0.6) is 0 Å². The maximum Gasteiger partial charge on any atom is 0.259 e. The molecule has 2 aromatic rings. The molecule has 0 unspecified atom stereocenters. The van der Waals surface area contributed by atoms with E-state index in [1.54, 1.807) is 0 Å². The van der Waals surface area contributed by atoms with E-state index >= 15 is 0 Å². The molecule has 26 heavy (non-hydrogen) atoms. The van der Waals surface area contributed by atoms with Crippen LogP contribution in [0.3, 0.4) is 0 Å². The van der Waals surface area contributed by atoms with Gasteiger partial charge in [-0.2, -0.15) is 0 Å². The molecule has 0 aromatic carbocycles. The Morgan fingerprint density at radius 2 is 1.96 bits per heavy atom. The van der Waals surface area contributed by atoms with Crippen molar-refractivity contribution in [1.29, 1.82) is 0 Å². The number of pyridine rings is 1. The number of carbonyl (C=O) groups is 1. The van der Waals surface area contributed by atoms with E-state index in [0.29, 0.717) is 30.2 Å². The maximum atomic E-state index is 12.9. The SMILES string of the molecule is CC(C)(C)Cc1noc2nc(C3CC3)cc(C(=O)NCC(C)(C)N)c12.Cl. The molecular formula is C19H29ClN4O2. The van der Waals surface area contributed by atoms with Gasteiger partial charge in [0.25, 0.3) is 11.6 Å². The van der Waals surface area contributed by atoms with E-state index in [0.717, 1.165) is 29.6 Å². The number of rotatable bonds is 5. The Kier molecular flexibility index (Phi) is 5.69. The second-order valence-corrected chi connectivity index (χ2v) is 9.09. The minimum Gasteiger partial charge on any atom is -0.350 e. The first-order chi connectivity index (χ1) is 11.5. The number of fused-ring (bicyclic) bond motifs is 1. The molecule has 0 spiro atoms. The minimum atomic E-state index is -0.468. The summed E-state index contributed by atoms with van der Waals surface area (Å²) in [5.41, 5.74) is 8.32. The summed E-state index contributed by atoms with van der Waals surface area (Å²) in [7, 11) is 0. The van der Waals surface area contributed by atoms with Gasteiger partial charge in [-0.15, -0.1) is 12.4 Å². The molecule has 7 heteroatoms. The molecule has 3 N–H and O–H groups in total. The molecule has 3 rings (SSSR count). The van der Waals surface area contributed by atoms with Crippen LogP contribution in [-0.2, 0) is 6.42 Å². The Balaban J connectivity index is 0.00000243. The number of nitrogens with zero attached hydrogens (tertiary/aromatic N) is 2. The number of hydrogen-bond acceptors (Lipinski definition) is 5. The molecule has 0 aliphatic heterocycles. The number of amides is 1. The fourth-order valence-electron chi connectivity index (χ4n) is 2.82. The van der Waals surface area contributed by atoms with Crippen molar-refractivity contribution in [3.05, 3.63) is 23.0 Å². The first kappa shape index (κ1) is 20.6. The number of nitrogens with one attached hydrogen (secondary N) is 1. The Bertz CT molecular complexity index is 798. The average molecular weight is 381 g/mol. The van der Waals surface area contributed by atoms with E-state index in [-0.39, 0.29) is 23.7 Å². The van der Waals surface area contributed by atoms with Crippen LogP contribution in [0, 0.1) is 5.41 Å². The zero-order valence-electron chi connectivity index (χ0n) is 16.2. The molecule has 1 fully saturated rings. The maximum absolute atomic E-state index is 12.9. The smallest absolute Gasteiger partial charge is 0.259 e. The second kappa shape index (κ2) is 7.16. The van der Waals surface area contributed by atoms with Gasteiger partial charge in [-0.1, -0.05) is 25.9 Å². The zero-order valence-corrected chi connectivity index (χ0v) is 17.0. The third-order valence-electron chi connectivity index (χ3n) is 4.18. The Hall–Kier alpha value is -1.66. The Morgan fingerprint density at radius 1 is 1.31 bits per heavy atom. The highest BCUT2D eigenvalue weighted by atomic mass is 35.5. The number of carbonyl (C=O) groups excluding carboxylic acids is 1. The highest BCUT2D eigenvalue weighted by Crippen LogP contribution is 2.40. The van der Waals surface area contributed by atoms with E-state index in [2.05, 4.69) is 36.2 Å². The van der Waals surface area contributed by atoms with Crippen molar-refractivity contribution in [2.24, 2.45) is 11.1 Å². The van der Waals surface area contributed by atoms with Crippen LogP contribution in [0.25, 0.3) is 11.1 Å². The second-order valence-electron chi connectivity index (χ2n) is 9.09. The van der Waals surface area contributed by atoms with Crippen LogP contribution in [-0.4, -0.2) is 28.1 Å². The first-order valence-electron chi connectivity index (χ1n) is 8.90. The van der Waals surface area contributed by atoms with Crippen molar-refractivity contribution < 1.29 is 9.32 Å². The Labute approximate surface area is 160 Å². The third kappa shape index (κ3) is 4.95. The van der Waals surface area contributed by atoms with E-state index in [1.807, 2.05) is 19.9 Å². The molecule has 1 aliphatic carbocycles. The summed E-state index contributed by atoms with van der Waals surface area (Å²) < 4.78 is 5.48. The summed E-state index contributed by atoms with van der Waals surface area (Å²) in [6, 6.07) is 1.90. The first-order valence-corrected chi connectivity index (χ1v) is 8.90. The van der Waals surface area contributed by atoms with Crippen LogP contribution in [0.2, 0.25) is 0 Å². The fraction of sp³-hybridized carbons (Fsp3) is 0.632. The number of aromatic nitrogens is 2. The highest BCUT2D eigenvalue weighted by Gasteiger charge is 2.30. The lowest BCUT2D eigenvalue weighted by Gasteiger charge is -2.19. The van der Waals surface area contributed by atoms with Crippen molar-refractivity contribution in [3.8, 4) is 0 Å². The molecular weight excluding hydrogens is 352 g/mol. The number of halogens is 1. The van der Waals surface area contributed by atoms with Crippen molar-refractivity contribution in [1.82, 2.24) is 15.5 Å². The van der Waals surface area contributed by atoms with Gasteiger partial charge in [-0.3, -0.25) is 4.79 Å².